The Bertz CT molecular complexity index is 878. The third-order valence-corrected chi connectivity index (χ3v) is 3.46. The number of rotatable bonds is 5. The summed E-state index contributed by atoms with van der Waals surface area (Å²) in [6.45, 7) is 2.36. The van der Waals surface area contributed by atoms with Crippen LogP contribution in [-0.4, -0.2) is 41.1 Å². The molecule has 0 aliphatic heterocycles. The second kappa shape index (κ2) is 6.03. The molecule has 3 aromatic heterocycles. The molecule has 120 valence electrons. The molecular weight excluding hydrogens is 298 g/mol. The van der Waals surface area contributed by atoms with Crippen LogP contribution < -0.4 is 10.9 Å². The van der Waals surface area contributed by atoms with E-state index in [-0.39, 0.29) is 24.1 Å². The number of carbonyl (C=O) groups excluding carboxylic acids is 1. The zero-order valence-electron chi connectivity index (χ0n) is 12.9. The van der Waals surface area contributed by atoms with Gasteiger partial charge in [0.15, 0.2) is 5.65 Å². The van der Waals surface area contributed by atoms with Gasteiger partial charge in [0.2, 0.25) is 5.91 Å². The van der Waals surface area contributed by atoms with Crippen LogP contribution in [0.2, 0.25) is 0 Å². The fraction of sp³-hybridized carbons (Fsp3) is 0.357. The molecule has 0 fully saturated rings. The Labute approximate surface area is 131 Å². The van der Waals surface area contributed by atoms with E-state index in [1.165, 1.54) is 21.8 Å². The Morgan fingerprint density at radius 2 is 2.22 bits per heavy atom. The number of amides is 1. The maximum atomic E-state index is 12.3. The summed E-state index contributed by atoms with van der Waals surface area (Å²) in [6, 6.07) is 1.72. The fourth-order valence-electron chi connectivity index (χ4n) is 2.39. The molecule has 9 nitrogen and oxygen atoms in total. The van der Waals surface area contributed by atoms with E-state index in [4.69, 9.17) is 0 Å². The summed E-state index contributed by atoms with van der Waals surface area (Å²) in [5, 5.41) is 11.3. The van der Waals surface area contributed by atoms with E-state index in [9.17, 15) is 9.59 Å². The van der Waals surface area contributed by atoms with Gasteiger partial charge in [0, 0.05) is 25.5 Å². The molecule has 1 N–H and O–H groups in total. The van der Waals surface area contributed by atoms with E-state index in [2.05, 4.69) is 20.5 Å². The summed E-state index contributed by atoms with van der Waals surface area (Å²) in [5.74, 6) is -0.253. The van der Waals surface area contributed by atoms with Crippen molar-refractivity contribution < 1.29 is 4.79 Å². The van der Waals surface area contributed by atoms with E-state index in [0.717, 1.165) is 0 Å². The lowest BCUT2D eigenvalue weighted by Crippen LogP contribution is -2.39. The molecule has 0 bridgehead atoms. The summed E-state index contributed by atoms with van der Waals surface area (Å²) < 4.78 is 4.54. The van der Waals surface area contributed by atoms with Crippen molar-refractivity contribution in [2.24, 2.45) is 7.05 Å². The molecule has 0 aromatic carbocycles. The predicted molar refractivity (Wildman–Crippen MR) is 82.6 cm³/mol. The summed E-state index contributed by atoms with van der Waals surface area (Å²) in [5.41, 5.74) is 0.219. The first-order valence-electron chi connectivity index (χ1n) is 7.18. The molecule has 0 saturated heterocycles. The van der Waals surface area contributed by atoms with Crippen LogP contribution in [0.3, 0.4) is 0 Å². The van der Waals surface area contributed by atoms with Gasteiger partial charge in [0.05, 0.1) is 12.7 Å². The van der Waals surface area contributed by atoms with Gasteiger partial charge in [-0.2, -0.15) is 10.2 Å². The highest BCUT2D eigenvalue weighted by Crippen LogP contribution is 2.02. The zero-order chi connectivity index (χ0) is 16.4. The number of fused-ring (bicyclic) bond motifs is 1. The Balaban J connectivity index is 1.68. The van der Waals surface area contributed by atoms with Crippen molar-refractivity contribution in [2.45, 2.75) is 26.1 Å². The van der Waals surface area contributed by atoms with Crippen LogP contribution in [0, 0.1) is 0 Å². The molecule has 3 aromatic rings. The first-order valence-corrected chi connectivity index (χ1v) is 7.18. The van der Waals surface area contributed by atoms with Gasteiger partial charge in [-0.1, -0.05) is 0 Å². The molecule has 1 amide bonds. The van der Waals surface area contributed by atoms with Gasteiger partial charge in [-0.05, 0) is 13.0 Å². The second-order valence-corrected chi connectivity index (χ2v) is 5.38. The summed E-state index contributed by atoms with van der Waals surface area (Å²) >= 11 is 0. The Hall–Kier alpha value is -2.97. The molecule has 0 saturated carbocycles. The largest absolute Gasteiger partial charge is 0.350 e. The SMILES string of the molecule is CC(Cn1cccn1)NC(=O)Cn1cnc2c(cnn2C)c1=O. The van der Waals surface area contributed by atoms with Crippen LogP contribution in [0.4, 0.5) is 0 Å². The highest BCUT2D eigenvalue weighted by molar-refractivity contribution is 5.77. The Morgan fingerprint density at radius 3 is 2.96 bits per heavy atom. The van der Waals surface area contributed by atoms with Gasteiger partial charge in [-0.15, -0.1) is 0 Å². The molecular formula is C14H17N7O2. The molecule has 23 heavy (non-hydrogen) atoms. The van der Waals surface area contributed by atoms with E-state index in [1.54, 1.807) is 17.9 Å². The molecule has 1 unspecified atom stereocenters. The third-order valence-electron chi connectivity index (χ3n) is 3.46. The number of carbonyl (C=O) groups is 1. The van der Waals surface area contributed by atoms with Crippen LogP contribution in [0.15, 0.2) is 35.8 Å². The Kier molecular flexibility index (Phi) is 3.92. The normalized spacial score (nSPS) is 12.4. The van der Waals surface area contributed by atoms with Crippen molar-refractivity contribution in [1.82, 2.24) is 34.4 Å². The number of aryl methyl sites for hydroxylation is 1. The van der Waals surface area contributed by atoms with Crippen molar-refractivity contribution in [3.63, 3.8) is 0 Å². The zero-order valence-corrected chi connectivity index (χ0v) is 12.9. The van der Waals surface area contributed by atoms with E-state index < -0.39 is 0 Å². The van der Waals surface area contributed by atoms with Crippen LogP contribution >= 0.6 is 0 Å². The van der Waals surface area contributed by atoms with Crippen molar-refractivity contribution in [3.05, 3.63) is 41.3 Å². The van der Waals surface area contributed by atoms with Gasteiger partial charge in [0.25, 0.3) is 5.56 Å². The maximum absolute atomic E-state index is 12.3. The van der Waals surface area contributed by atoms with Crippen LogP contribution in [0.1, 0.15) is 6.92 Å². The lowest BCUT2D eigenvalue weighted by molar-refractivity contribution is -0.122. The highest BCUT2D eigenvalue weighted by atomic mass is 16.2. The minimum atomic E-state index is -0.280. The summed E-state index contributed by atoms with van der Waals surface area (Å²) in [6.07, 6.45) is 6.33. The van der Waals surface area contributed by atoms with Crippen molar-refractivity contribution in [1.29, 1.82) is 0 Å². The number of hydrogen-bond acceptors (Lipinski definition) is 5. The molecule has 3 heterocycles. The molecule has 9 heteroatoms. The fourth-order valence-corrected chi connectivity index (χ4v) is 2.39. The lowest BCUT2D eigenvalue weighted by Gasteiger charge is -2.14. The lowest BCUT2D eigenvalue weighted by atomic mass is 10.3. The average molecular weight is 315 g/mol. The average Bonchev–Trinajstić information content (AvgIpc) is 3.12. The predicted octanol–water partition coefficient (Wildman–Crippen LogP) is -0.469. The molecule has 1 atom stereocenters. The summed E-state index contributed by atoms with van der Waals surface area (Å²) in [4.78, 5) is 28.6. The first kappa shape index (κ1) is 14.9. The van der Waals surface area contributed by atoms with Gasteiger partial charge in [-0.25, -0.2) is 4.98 Å². The third kappa shape index (κ3) is 3.12. The van der Waals surface area contributed by atoms with Crippen molar-refractivity contribution in [2.75, 3.05) is 0 Å². The van der Waals surface area contributed by atoms with Gasteiger partial charge in [-0.3, -0.25) is 23.5 Å². The maximum Gasteiger partial charge on any atom is 0.264 e. The molecule has 0 aliphatic carbocycles. The number of nitrogens with one attached hydrogen (secondary N) is 1. The van der Waals surface area contributed by atoms with Gasteiger partial charge >= 0.3 is 0 Å². The van der Waals surface area contributed by atoms with E-state index >= 15 is 0 Å². The van der Waals surface area contributed by atoms with E-state index in [1.807, 2.05) is 19.2 Å². The van der Waals surface area contributed by atoms with Crippen LogP contribution in [0.25, 0.3) is 11.0 Å². The number of hydrogen-bond donors (Lipinski definition) is 1. The minimum absolute atomic E-state index is 0.0832. The van der Waals surface area contributed by atoms with Crippen molar-refractivity contribution >= 4 is 16.9 Å². The highest BCUT2D eigenvalue weighted by Gasteiger charge is 2.12. The first-order chi connectivity index (χ1) is 11.0. The van der Waals surface area contributed by atoms with Crippen LogP contribution in [0.5, 0.6) is 0 Å². The second-order valence-electron chi connectivity index (χ2n) is 5.38. The topological polar surface area (TPSA) is 99.6 Å². The van der Waals surface area contributed by atoms with Gasteiger partial charge in [0.1, 0.15) is 18.3 Å². The molecule has 0 spiro atoms. The molecule has 0 radical (unpaired) electrons. The quantitative estimate of drug-likeness (QED) is 0.686. The van der Waals surface area contributed by atoms with Gasteiger partial charge < -0.3 is 5.32 Å². The smallest absolute Gasteiger partial charge is 0.264 e. The minimum Gasteiger partial charge on any atom is -0.350 e. The van der Waals surface area contributed by atoms with E-state index in [0.29, 0.717) is 17.6 Å². The Morgan fingerprint density at radius 1 is 1.39 bits per heavy atom. The monoisotopic (exact) mass is 315 g/mol. The summed E-state index contributed by atoms with van der Waals surface area (Å²) in [7, 11) is 1.71. The molecule has 3 rings (SSSR count). The van der Waals surface area contributed by atoms with Crippen LogP contribution in [-0.2, 0) is 24.9 Å². The van der Waals surface area contributed by atoms with Crippen molar-refractivity contribution in [3.8, 4) is 0 Å². The number of aromatic nitrogens is 6. The standard InChI is InChI=1S/C14H17N7O2/c1-10(7-21-5-3-4-16-21)18-12(22)8-20-9-15-13-11(14(20)23)6-17-19(13)2/h3-6,9-10H,7-8H2,1-2H3,(H,18,22). The molecule has 0 aliphatic rings. The number of nitrogens with zero attached hydrogens (tertiary/aromatic N) is 6.